The smallest absolute Gasteiger partial charge is 0.164 e. The first-order chi connectivity index (χ1) is 27.7. The van der Waals surface area contributed by atoms with Crippen LogP contribution in [0.25, 0.3) is 72.8 Å². The quantitative estimate of drug-likeness (QED) is 0.178. The molecule has 0 aliphatic carbocycles. The van der Waals surface area contributed by atoms with Crippen LogP contribution in [-0.4, -0.2) is 15.0 Å². The number of nitrogens with zero attached hydrogens (tertiary/aromatic N) is 3. The van der Waals surface area contributed by atoms with E-state index < -0.39 is 0 Å². The first-order valence-electron chi connectivity index (χ1n) is 19.0. The molecule has 0 saturated heterocycles. The lowest BCUT2D eigenvalue weighted by molar-refractivity contribution is 0.975. The van der Waals surface area contributed by atoms with E-state index in [1.807, 2.05) is 36.4 Å². The van der Waals surface area contributed by atoms with Gasteiger partial charge < -0.3 is 5.32 Å². The predicted octanol–water partition coefficient (Wildman–Crippen LogP) is 13.0. The van der Waals surface area contributed by atoms with E-state index in [2.05, 4.69) is 175 Å². The molecule has 264 valence electrons. The molecule has 2 heterocycles. The van der Waals surface area contributed by atoms with Crippen LogP contribution >= 0.6 is 0 Å². The minimum absolute atomic E-state index is 0.0293. The van der Waals surface area contributed by atoms with Gasteiger partial charge in [0, 0.05) is 27.9 Å². The van der Waals surface area contributed by atoms with Crippen LogP contribution < -0.4 is 5.32 Å². The molecule has 1 atom stereocenters. The average Bonchev–Trinajstić information content (AvgIpc) is 3.29. The Morgan fingerprint density at radius 1 is 0.357 bits per heavy atom. The second kappa shape index (κ2) is 14.4. The van der Waals surface area contributed by atoms with Gasteiger partial charge in [0.15, 0.2) is 17.5 Å². The van der Waals surface area contributed by atoms with Crippen molar-refractivity contribution in [1.29, 1.82) is 0 Å². The molecule has 8 aromatic carbocycles. The van der Waals surface area contributed by atoms with E-state index in [4.69, 9.17) is 15.0 Å². The Morgan fingerprint density at radius 2 is 0.768 bits per heavy atom. The van der Waals surface area contributed by atoms with Crippen molar-refractivity contribution in [3.8, 4) is 56.4 Å². The number of aromatic nitrogens is 3. The molecular formula is C52H36N4. The maximum atomic E-state index is 5.05. The molecule has 1 aliphatic rings. The molecule has 1 unspecified atom stereocenters. The molecule has 1 aromatic heterocycles. The Kier molecular flexibility index (Phi) is 8.54. The summed E-state index contributed by atoms with van der Waals surface area (Å²) in [6.45, 7) is 0. The molecule has 4 heteroatoms. The maximum absolute atomic E-state index is 5.05. The lowest BCUT2D eigenvalue weighted by Crippen LogP contribution is -2.15. The summed E-state index contributed by atoms with van der Waals surface area (Å²) in [7, 11) is 0. The fourth-order valence-corrected chi connectivity index (χ4v) is 7.77. The molecule has 0 amide bonds. The molecule has 1 aliphatic heterocycles. The Balaban J connectivity index is 1.06. The Hall–Kier alpha value is -7.43. The van der Waals surface area contributed by atoms with Gasteiger partial charge in [0.05, 0.1) is 6.04 Å². The zero-order valence-corrected chi connectivity index (χ0v) is 30.5. The second-order valence-corrected chi connectivity index (χ2v) is 14.1. The van der Waals surface area contributed by atoms with E-state index in [0.717, 1.165) is 33.5 Å². The number of nitrogens with one attached hydrogen (secondary N) is 1. The largest absolute Gasteiger partial charge is 0.374 e. The van der Waals surface area contributed by atoms with Crippen molar-refractivity contribution in [3.05, 3.63) is 223 Å². The summed E-state index contributed by atoms with van der Waals surface area (Å²) < 4.78 is 0. The highest BCUT2D eigenvalue weighted by atomic mass is 15.0. The third kappa shape index (κ3) is 6.33. The summed E-state index contributed by atoms with van der Waals surface area (Å²) in [5.41, 5.74) is 13.4. The fourth-order valence-electron chi connectivity index (χ4n) is 7.77. The normalized spacial score (nSPS) is 13.4. The molecular weight excluding hydrogens is 681 g/mol. The van der Waals surface area contributed by atoms with Gasteiger partial charge in [-0.05, 0) is 61.9 Å². The minimum atomic E-state index is 0.0293. The molecule has 10 rings (SSSR count). The summed E-state index contributed by atoms with van der Waals surface area (Å²) >= 11 is 0. The molecule has 0 saturated carbocycles. The van der Waals surface area contributed by atoms with E-state index in [1.165, 1.54) is 44.2 Å². The highest BCUT2D eigenvalue weighted by Gasteiger charge is 2.25. The molecule has 56 heavy (non-hydrogen) atoms. The van der Waals surface area contributed by atoms with Crippen molar-refractivity contribution in [1.82, 2.24) is 15.0 Å². The number of benzene rings is 8. The molecule has 4 nitrogen and oxygen atoms in total. The van der Waals surface area contributed by atoms with Crippen molar-refractivity contribution in [2.75, 3.05) is 5.32 Å². The van der Waals surface area contributed by atoms with Crippen LogP contribution in [0.3, 0.4) is 0 Å². The summed E-state index contributed by atoms with van der Waals surface area (Å²) in [6, 6.07) is 70.1. The molecule has 0 radical (unpaired) electrons. The number of fused-ring (bicyclic) bond motifs is 3. The Bertz CT molecular complexity index is 2830. The van der Waals surface area contributed by atoms with Crippen molar-refractivity contribution < 1.29 is 0 Å². The van der Waals surface area contributed by atoms with Crippen molar-refractivity contribution in [2.24, 2.45) is 0 Å². The van der Waals surface area contributed by atoms with Gasteiger partial charge in [-0.2, -0.15) is 0 Å². The fraction of sp³-hybridized carbons (Fsp3) is 0.0192. The minimum Gasteiger partial charge on any atom is -0.374 e. The molecule has 1 N–H and O–H groups in total. The van der Waals surface area contributed by atoms with Gasteiger partial charge in [-0.3, -0.25) is 0 Å². The topological polar surface area (TPSA) is 50.7 Å². The van der Waals surface area contributed by atoms with Gasteiger partial charge in [-0.15, -0.1) is 0 Å². The lowest BCUT2D eigenvalue weighted by Gasteiger charge is -2.29. The van der Waals surface area contributed by atoms with E-state index in [0.29, 0.717) is 17.5 Å². The number of hydrogen-bond donors (Lipinski definition) is 1. The molecule has 9 aromatic rings. The first kappa shape index (κ1) is 33.2. The first-order valence-corrected chi connectivity index (χ1v) is 19.0. The monoisotopic (exact) mass is 716 g/mol. The Labute approximate surface area is 326 Å². The SMILES string of the molecule is C1=C(c2ccccc2)c2c(cc(-c3ccc(-c4nc(-c5ccccc5)nc(-c5ccc(-c6ccccc6)cc5)n4)cc3)c3ccccc23)NC1c1ccccc1. The standard InChI is InChI=1S/C52H36N4/c1-5-15-35(16-6-1)36-25-29-41(30-26-36)51-54-50(40-21-11-4-12-22-40)55-52(56-51)42-31-27-38(28-32-42)45-33-48-49(44-24-14-13-23-43(44)45)46(37-17-7-2-8-18-37)34-47(53-48)39-19-9-3-10-20-39/h1-34,47,53H. The molecule has 0 fully saturated rings. The second-order valence-electron chi connectivity index (χ2n) is 14.1. The van der Waals surface area contributed by atoms with Crippen molar-refractivity contribution in [2.45, 2.75) is 6.04 Å². The van der Waals surface area contributed by atoms with Gasteiger partial charge >= 0.3 is 0 Å². The van der Waals surface area contributed by atoms with Gasteiger partial charge in [0.2, 0.25) is 0 Å². The zero-order chi connectivity index (χ0) is 37.3. The van der Waals surface area contributed by atoms with Crippen LogP contribution in [0, 0.1) is 0 Å². The van der Waals surface area contributed by atoms with Crippen LogP contribution in [0.5, 0.6) is 0 Å². The van der Waals surface area contributed by atoms with E-state index in [-0.39, 0.29) is 6.04 Å². The summed E-state index contributed by atoms with van der Waals surface area (Å²) in [4.78, 5) is 15.0. The van der Waals surface area contributed by atoms with Crippen LogP contribution in [0.4, 0.5) is 5.69 Å². The summed E-state index contributed by atoms with van der Waals surface area (Å²) in [5, 5.41) is 6.32. The number of anilines is 1. The zero-order valence-electron chi connectivity index (χ0n) is 30.5. The predicted molar refractivity (Wildman–Crippen MR) is 231 cm³/mol. The number of hydrogen-bond acceptors (Lipinski definition) is 4. The van der Waals surface area contributed by atoms with Crippen LogP contribution in [0.15, 0.2) is 206 Å². The molecule has 0 bridgehead atoms. The average molecular weight is 717 g/mol. The van der Waals surface area contributed by atoms with Gasteiger partial charge in [0.25, 0.3) is 0 Å². The van der Waals surface area contributed by atoms with Gasteiger partial charge in [-0.1, -0.05) is 194 Å². The van der Waals surface area contributed by atoms with Gasteiger partial charge in [0.1, 0.15) is 0 Å². The maximum Gasteiger partial charge on any atom is 0.164 e. The van der Waals surface area contributed by atoms with E-state index in [9.17, 15) is 0 Å². The molecule has 0 spiro atoms. The highest BCUT2D eigenvalue weighted by Crippen LogP contribution is 2.46. The summed E-state index contributed by atoms with van der Waals surface area (Å²) in [5.74, 6) is 1.91. The van der Waals surface area contributed by atoms with E-state index >= 15 is 0 Å². The number of rotatable bonds is 7. The highest BCUT2D eigenvalue weighted by molar-refractivity contribution is 6.10. The van der Waals surface area contributed by atoms with E-state index in [1.54, 1.807) is 0 Å². The van der Waals surface area contributed by atoms with Crippen LogP contribution in [-0.2, 0) is 0 Å². The van der Waals surface area contributed by atoms with Crippen LogP contribution in [0.2, 0.25) is 0 Å². The third-order valence-corrected chi connectivity index (χ3v) is 10.6. The third-order valence-electron chi connectivity index (χ3n) is 10.6. The lowest BCUT2D eigenvalue weighted by atomic mass is 9.84. The van der Waals surface area contributed by atoms with Crippen molar-refractivity contribution in [3.63, 3.8) is 0 Å². The van der Waals surface area contributed by atoms with Crippen LogP contribution in [0.1, 0.15) is 22.7 Å². The van der Waals surface area contributed by atoms with Crippen molar-refractivity contribution >= 4 is 22.0 Å². The summed E-state index contributed by atoms with van der Waals surface area (Å²) in [6.07, 6.45) is 2.37. The van der Waals surface area contributed by atoms with Gasteiger partial charge in [-0.25, -0.2) is 15.0 Å². The Morgan fingerprint density at radius 3 is 1.34 bits per heavy atom.